The highest BCUT2D eigenvalue weighted by Crippen LogP contribution is 2.37. The lowest BCUT2D eigenvalue weighted by molar-refractivity contribution is -0.150. The van der Waals surface area contributed by atoms with Gasteiger partial charge in [0.1, 0.15) is 12.1 Å². The Morgan fingerprint density at radius 3 is 2.67 bits per heavy atom. The largest absolute Gasteiger partial charge is 0.481 e. The minimum absolute atomic E-state index is 0.570. The maximum Gasteiger partial charge on any atom is 0.309 e. The number of rotatable bonds is 3. The van der Waals surface area contributed by atoms with Gasteiger partial charge < -0.3 is 10.0 Å². The van der Waals surface area contributed by atoms with E-state index in [9.17, 15) is 9.90 Å². The molecular weight excluding hydrogens is 266 g/mol. The molecule has 1 saturated heterocycles. The van der Waals surface area contributed by atoms with E-state index < -0.39 is 11.4 Å². The number of carboxylic acid groups (broad SMARTS) is 1. The Hall–Kier alpha value is -2.17. The van der Waals surface area contributed by atoms with Crippen LogP contribution in [0.25, 0.3) is 10.9 Å². The molecule has 1 aliphatic heterocycles. The van der Waals surface area contributed by atoms with Crippen molar-refractivity contribution in [2.75, 3.05) is 18.0 Å². The van der Waals surface area contributed by atoms with Crippen LogP contribution in [0.4, 0.5) is 5.82 Å². The zero-order valence-corrected chi connectivity index (χ0v) is 12.1. The molecule has 0 unspecified atom stereocenters. The van der Waals surface area contributed by atoms with Gasteiger partial charge in [0, 0.05) is 18.5 Å². The van der Waals surface area contributed by atoms with Gasteiger partial charge in [-0.25, -0.2) is 9.97 Å². The molecule has 1 aliphatic rings. The predicted molar refractivity (Wildman–Crippen MR) is 81.3 cm³/mol. The molecule has 2 heterocycles. The number of aliphatic carboxylic acids is 1. The maximum absolute atomic E-state index is 11.5. The zero-order chi connectivity index (χ0) is 14.9. The third-order valence-electron chi connectivity index (χ3n) is 4.67. The van der Waals surface area contributed by atoms with Gasteiger partial charge in [0.05, 0.1) is 10.9 Å². The Morgan fingerprint density at radius 2 is 2.00 bits per heavy atom. The summed E-state index contributed by atoms with van der Waals surface area (Å²) in [5, 5.41) is 10.5. The van der Waals surface area contributed by atoms with E-state index in [4.69, 9.17) is 0 Å². The van der Waals surface area contributed by atoms with Gasteiger partial charge in [0.15, 0.2) is 0 Å². The number of hydrogen-bond acceptors (Lipinski definition) is 4. The van der Waals surface area contributed by atoms with Gasteiger partial charge in [0.2, 0.25) is 0 Å². The summed E-state index contributed by atoms with van der Waals surface area (Å²) in [4.78, 5) is 22.4. The molecule has 3 rings (SSSR count). The number of anilines is 1. The fraction of sp³-hybridized carbons (Fsp3) is 0.438. The first kappa shape index (κ1) is 13.8. The number of hydrogen-bond donors (Lipinski definition) is 1. The van der Waals surface area contributed by atoms with Gasteiger partial charge in [-0.05, 0) is 31.4 Å². The van der Waals surface area contributed by atoms with Crippen molar-refractivity contribution in [2.24, 2.45) is 5.41 Å². The summed E-state index contributed by atoms with van der Waals surface area (Å²) in [6, 6.07) is 7.93. The number of piperidine rings is 1. The lowest BCUT2D eigenvalue weighted by Crippen LogP contribution is -2.44. The standard InChI is InChI=1S/C16H19N3O2/c1-2-16(15(20)21)7-9-19(10-8-16)14-12-5-3-4-6-13(12)17-11-18-14/h3-6,11H,2,7-10H2,1H3,(H,20,21). The summed E-state index contributed by atoms with van der Waals surface area (Å²) in [6.07, 6.45) is 3.59. The van der Waals surface area contributed by atoms with Crippen LogP contribution < -0.4 is 4.90 Å². The van der Waals surface area contributed by atoms with Gasteiger partial charge in [-0.15, -0.1) is 0 Å². The number of carboxylic acids is 1. The highest BCUT2D eigenvalue weighted by atomic mass is 16.4. The van der Waals surface area contributed by atoms with E-state index in [1.165, 1.54) is 0 Å². The average Bonchev–Trinajstić information content (AvgIpc) is 2.54. The van der Waals surface area contributed by atoms with Crippen LogP contribution in [-0.2, 0) is 4.79 Å². The van der Waals surface area contributed by atoms with Crippen molar-refractivity contribution in [2.45, 2.75) is 26.2 Å². The molecule has 21 heavy (non-hydrogen) atoms. The SMILES string of the molecule is CCC1(C(=O)O)CCN(c2ncnc3ccccc23)CC1. The van der Waals surface area contributed by atoms with Crippen molar-refractivity contribution in [3.63, 3.8) is 0 Å². The van der Waals surface area contributed by atoms with Gasteiger partial charge in [0.25, 0.3) is 0 Å². The summed E-state index contributed by atoms with van der Waals surface area (Å²) in [7, 11) is 0. The van der Waals surface area contributed by atoms with Crippen LogP contribution in [0.15, 0.2) is 30.6 Å². The molecule has 0 atom stereocenters. The number of aromatic nitrogens is 2. The average molecular weight is 285 g/mol. The second-order valence-electron chi connectivity index (χ2n) is 5.64. The number of benzene rings is 1. The molecule has 0 radical (unpaired) electrons. The molecule has 0 amide bonds. The van der Waals surface area contributed by atoms with E-state index in [2.05, 4.69) is 14.9 Å². The topological polar surface area (TPSA) is 66.3 Å². The molecule has 110 valence electrons. The summed E-state index contributed by atoms with van der Waals surface area (Å²) >= 11 is 0. The molecule has 1 aromatic carbocycles. The number of carbonyl (C=O) groups is 1. The Morgan fingerprint density at radius 1 is 1.29 bits per heavy atom. The highest BCUT2D eigenvalue weighted by Gasteiger charge is 2.40. The van der Waals surface area contributed by atoms with Crippen LogP contribution in [0.2, 0.25) is 0 Å². The molecule has 0 aliphatic carbocycles. The Labute approximate surface area is 123 Å². The van der Waals surface area contributed by atoms with E-state index in [1.807, 2.05) is 31.2 Å². The molecular formula is C16H19N3O2. The van der Waals surface area contributed by atoms with E-state index in [1.54, 1.807) is 6.33 Å². The molecule has 2 aromatic rings. The Balaban J connectivity index is 1.88. The lowest BCUT2D eigenvalue weighted by Gasteiger charge is -2.39. The summed E-state index contributed by atoms with van der Waals surface area (Å²) in [5.74, 6) is 0.243. The Kier molecular flexibility index (Phi) is 3.49. The molecule has 5 nitrogen and oxygen atoms in total. The van der Waals surface area contributed by atoms with E-state index in [-0.39, 0.29) is 0 Å². The van der Waals surface area contributed by atoms with Crippen molar-refractivity contribution in [1.29, 1.82) is 0 Å². The van der Waals surface area contributed by atoms with Crippen LogP contribution in [0.1, 0.15) is 26.2 Å². The minimum Gasteiger partial charge on any atom is -0.481 e. The van der Waals surface area contributed by atoms with Gasteiger partial charge in [-0.3, -0.25) is 4.79 Å². The molecule has 1 fully saturated rings. The quantitative estimate of drug-likeness (QED) is 0.939. The van der Waals surface area contributed by atoms with Gasteiger partial charge >= 0.3 is 5.97 Å². The van der Waals surface area contributed by atoms with E-state index in [0.717, 1.165) is 29.8 Å². The maximum atomic E-state index is 11.5. The first-order valence-corrected chi connectivity index (χ1v) is 7.34. The first-order chi connectivity index (χ1) is 10.2. The Bertz CT molecular complexity index is 658. The molecule has 0 spiro atoms. The molecule has 0 saturated carbocycles. The first-order valence-electron chi connectivity index (χ1n) is 7.34. The van der Waals surface area contributed by atoms with Gasteiger partial charge in [-0.2, -0.15) is 0 Å². The number of nitrogens with zero attached hydrogens (tertiary/aromatic N) is 3. The molecule has 5 heteroatoms. The van der Waals surface area contributed by atoms with Crippen molar-refractivity contribution in [3.05, 3.63) is 30.6 Å². The smallest absolute Gasteiger partial charge is 0.309 e. The monoisotopic (exact) mass is 285 g/mol. The van der Waals surface area contributed by atoms with E-state index >= 15 is 0 Å². The molecule has 1 aromatic heterocycles. The number of fused-ring (bicyclic) bond motifs is 1. The molecule has 0 bridgehead atoms. The zero-order valence-electron chi connectivity index (χ0n) is 12.1. The molecule has 1 N–H and O–H groups in total. The predicted octanol–water partition coefficient (Wildman–Crippen LogP) is 2.71. The highest BCUT2D eigenvalue weighted by molar-refractivity contribution is 5.89. The van der Waals surface area contributed by atoms with Crippen LogP contribution in [-0.4, -0.2) is 34.1 Å². The summed E-state index contributed by atoms with van der Waals surface area (Å²) in [5.41, 5.74) is 0.354. The fourth-order valence-corrected chi connectivity index (χ4v) is 3.11. The minimum atomic E-state index is -0.669. The van der Waals surface area contributed by atoms with Crippen molar-refractivity contribution in [1.82, 2.24) is 9.97 Å². The van der Waals surface area contributed by atoms with Crippen LogP contribution in [0, 0.1) is 5.41 Å². The van der Waals surface area contributed by atoms with Crippen molar-refractivity contribution in [3.8, 4) is 0 Å². The van der Waals surface area contributed by atoms with E-state index in [0.29, 0.717) is 19.3 Å². The van der Waals surface area contributed by atoms with Crippen molar-refractivity contribution >= 4 is 22.7 Å². The van der Waals surface area contributed by atoms with Crippen LogP contribution in [0.3, 0.4) is 0 Å². The van der Waals surface area contributed by atoms with Gasteiger partial charge in [-0.1, -0.05) is 19.1 Å². The second-order valence-corrected chi connectivity index (χ2v) is 5.64. The lowest BCUT2D eigenvalue weighted by atomic mass is 9.76. The normalized spacial score (nSPS) is 17.9. The third-order valence-corrected chi connectivity index (χ3v) is 4.67. The van der Waals surface area contributed by atoms with Crippen LogP contribution >= 0.6 is 0 Å². The van der Waals surface area contributed by atoms with Crippen LogP contribution in [0.5, 0.6) is 0 Å². The van der Waals surface area contributed by atoms with Crippen molar-refractivity contribution < 1.29 is 9.90 Å². The second kappa shape index (κ2) is 5.31. The fourth-order valence-electron chi connectivity index (χ4n) is 3.11. The number of para-hydroxylation sites is 1. The summed E-state index contributed by atoms with van der Waals surface area (Å²) < 4.78 is 0. The third kappa shape index (κ3) is 2.33. The summed E-state index contributed by atoms with van der Waals surface area (Å²) in [6.45, 7) is 3.41.